The summed E-state index contributed by atoms with van der Waals surface area (Å²) in [4.78, 5) is 13.5. The molecule has 1 unspecified atom stereocenters. The number of hydrogen-bond donors (Lipinski definition) is 0. The molecule has 2 fully saturated rings. The normalized spacial score (nSPS) is 26.0. The number of piperidine rings is 1. The molecule has 0 aromatic heterocycles. The van der Waals surface area contributed by atoms with Gasteiger partial charge in [0.05, 0.1) is 17.3 Å². The van der Waals surface area contributed by atoms with E-state index in [1.54, 1.807) is 7.05 Å². The van der Waals surface area contributed by atoms with E-state index in [1.165, 1.54) is 9.21 Å². The third-order valence-corrected chi connectivity index (χ3v) is 8.05. The van der Waals surface area contributed by atoms with Crippen LogP contribution >= 0.6 is 0 Å². The molecule has 0 bridgehead atoms. The van der Waals surface area contributed by atoms with Crippen molar-refractivity contribution in [2.24, 2.45) is 0 Å². The van der Waals surface area contributed by atoms with Crippen LogP contribution in [0.2, 0.25) is 0 Å². The summed E-state index contributed by atoms with van der Waals surface area (Å²) in [6.45, 7) is 1.07. The molecule has 2 heterocycles. The Kier molecular flexibility index (Phi) is 5.50. The molecule has 0 saturated carbocycles. The second kappa shape index (κ2) is 6.84. The lowest BCUT2D eigenvalue weighted by Crippen LogP contribution is -2.41. The summed E-state index contributed by atoms with van der Waals surface area (Å²) in [5, 5.41) is 0. The van der Waals surface area contributed by atoms with E-state index in [0.717, 1.165) is 19.3 Å². The Labute approximate surface area is 132 Å². The number of sulfone groups is 1. The van der Waals surface area contributed by atoms with E-state index in [9.17, 15) is 21.6 Å². The number of carbonyl (C=O) groups is 1. The van der Waals surface area contributed by atoms with Crippen LogP contribution in [0.5, 0.6) is 0 Å². The van der Waals surface area contributed by atoms with Crippen LogP contribution in [0.15, 0.2) is 0 Å². The number of sulfonamides is 1. The molecule has 0 spiro atoms. The van der Waals surface area contributed by atoms with Crippen molar-refractivity contribution in [2.75, 3.05) is 37.4 Å². The Morgan fingerprint density at radius 3 is 2.41 bits per heavy atom. The van der Waals surface area contributed by atoms with Crippen LogP contribution in [0.3, 0.4) is 0 Å². The van der Waals surface area contributed by atoms with Gasteiger partial charge in [0.25, 0.3) is 0 Å². The zero-order valence-corrected chi connectivity index (χ0v) is 14.5. The highest BCUT2D eigenvalue weighted by Crippen LogP contribution is 2.18. The number of rotatable bonds is 5. The SMILES string of the molecule is CN(C(=O)CCS(=O)(=O)N1CCCCC1)C1CCS(=O)(=O)C1. The van der Waals surface area contributed by atoms with Gasteiger partial charge in [-0.25, -0.2) is 21.1 Å². The van der Waals surface area contributed by atoms with E-state index < -0.39 is 19.9 Å². The van der Waals surface area contributed by atoms with Gasteiger partial charge in [0, 0.05) is 32.6 Å². The number of carbonyl (C=O) groups excluding carboxylic acids is 1. The first-order chi connectivity index (χ1) is 10.2. The Balaban J connectivity index is 1.86. The third-order valence-electron chi connectivity index (χ3n) is 4.43. The Morgan fingerprint density at radius 1 is 1.23 bits per heavy atom. The molecule has 2 rings (SSSR count). The van der Waals surface area contributed by atoms with Crippen molar-refractivity contribution in [3.63, 3.8) is 0 Å². The van der Waals surface area contributed by atoms with E-state index in [-0.39, 0.29) is 35.6 Å². The fraction of sp³-hybridized carbons (Fsp3) is 0.923. The van der Waals surface area contributed by atoms with Gasteiger partial charge in [-0.05, 0) is 19.3 Å². The summed E-state index contributed by atoms with van der Waals surface area (Å²) in [6, 6.07) is -0.324. The smallest absolute Gasteiger partial charge is 0.223 e. The molecule has 0 aromatic rings. The van der Waals surface area contributed by atoms with Gasteiger partial charge in [-0.2, -0.15) is 0 Å². The molecule has 128 valence electrons. The van der Waals surface area contributed by atoms with Gasteiger partial charge in [0.15, 0.2) is 9.84 Å². The van der Waals surface area contributed by atoms with E-state index >= 15 is 0 Å². The average molecular weight is 352 g/mol. The average Bonchev–Trinajstić information content (AvgIpc) is 2.85. The summed E-state index contributed by atoms with van der Waals surface area (Å²) >= 11 is 0. The van der Waals surface area contributed by atoms with Gasteiger partial charge in [-0.3, -0.25) is 4.79 Å². The maximum atomic E-state index is 12.2. The first-order valence-electron chi connectivity index (χ1n) is 7.65. The predicted octanol–water partition coefficient (Wildman–Crippen LogP) is -0.162. The molecule has 9 heteroatoms. The fourth-order valence-electron chi connectivity index (χ4n) is 2.95. The third kappa shape index (κ3) is 4.42. The van der Waals surface area contributed by atoms with Crippen LogP contribution < -0.4 is 0 Å². The molecule has 0 aromatic carbocycles. The van der Waals surface area contributed by atoms with E-state index in [1.807, 2.05) is 0 Å². The molecule has 1 amide bonds. The Bertz CT molecular complexity index is 608. The molecule has 0 aliphatic carbocycles. The number of nitrogens with zero attached hydrogens (tertiary/aromatic N) is 2. The molecular weight excluding hydrogens is 328 g/mol. The van der Waals surface area contributed by atoms with Crippen molar-refractivity contribution in [1.82, 2.24) is 9.21 Å². The summed E-state index contributed by atoms with van der Waals surface area (Å²) in [5.41, 5.74) is 0. The summed E-state index contributed by atoms with van der Waals surface area (Å²) in [5.74, 6) is -0.423. The minimum absolute atomic E-state index is 0.0197. The molecule has 2 saturated heterocycles. The molecule has 0 radical (unpaired) electrons. The van der Waals surface area contributed by atoms with Crippen LogP contribution in [-0.2, 0) is 24.7 Å². The van der Waals surface area contributed by atoms with Crippen molar-refractivity contribution in [2.45, 2.75) is 38.1 Å². The van der Waals surface area contributed by atoms with Crippen molar-refractivity contribution in [3.05, 3.63) is 0 Å². The van der Waals surface area contributed by atoms with Crippen LogP contribution in [0, 0.1) is 0 Å². The fourth-order valence-corrected chi connectivity index (χ4v) is 6.23. The van der Waals surface area contributed by atoms with Gasteiger partial charge < -0.3 is 4.90 Å². The van der Waals surface area contributed by atoms with E-state index in [2.05, 4.69) is 0 Å². The van der Waals surface area contributed by atoms with Gasteiger partial charge in [0.2, 0.25) is 15.9 Å². The van der Waals surface area contributed by atoms with Crippen LogP contribution in [0.4, 0.5) is 0 Å². The largest absolute Gasteiger partial charge is 0.342 e. The quantitative estimate of drug-likeness (QED) is 0.685. The first kappa shape index (κ1) is 17.7. The summed E-state index contributed by atoms with van der Waals surface area (Å²) in [7, 11) is -4.89. The zero-order valence-electron chi connectivity index (χ0n) is 12.9. The topological polar surface area (TPSA) is 91.8 Å². The molecule has 22 heavy (non-hydrogen) atoms. The molecule has 1 atom stereocenters. The van der Waals surface area contributed by atoms with E-state index in [4.69, 9.17) is 0 Å². The predicted molar refractivity (Wildman–Crippen MR) is 83.7 cm³/mol. The van der Waals surface area contributed by atoms with Crippen molar-refractivity contribution in [1.29, 1.82) is 0 Å². The van der Waals surface area contributed by atoms with Gasteiger partial charge in [-0.1, -0.05) is 6.42 Å². The van der Waals surface area contributed by atoms with Gasteiger partial charge >= 0.3 is 0 Å². The second-order valence-corrected chi connectivity index (χ2v) is 10.4. The maximum Gasteiger partial charge on any atom is 0.223 e. The minimum Gasteiger partial charge on any atom is -0.342 e. The van der Waals surface area contributed by atoms with Crippen molar-refractivity contribution < 1.29 is 21.6 Å². The Morgan fingerprint density at radius 2 is 1.86 bits per heavy atom. The second-order valence-electron chi connectivity index (χ2n) is 6.09. The highest BCUT2D eigenvalue weighted by Gasteiger charge is 2.33. The monoisotopic (exact) mass is 352 g/mol. The lowest BCUT2D eigenvalue weighted by molar-refractivity contribution is -0.131. The number of amides is 1. The summed E-state index contributed by atoms with van der Waals surface area (Å²) < 4.78 is 48.8. The molecule has 2 aliphatic heterocycles. The number of hydrogen-bond acceptors (Lipinski definition) is 5. The minimum atomic E-state index is -3.39. The highest BCUT2D eigenvalue weighted by atomic mass is 32.2. The standard InChI is InChI=1S/C13H24N2O5S2/c1-14(12-5-9-21(17,18)11-12)13(16)6-10-22(19,20)15-7-3-2-4-8-15/h12H,2-11H2,1H3. The van der Waals surface area contributed by atoms with Gasteiger partial charge in [0.1, 0.15) is 0 Å². The van der Waals surface area contributed by atoms with Crippen LogP contribution in [0.1, 0.15) is 32.1 Å². The summed E-state index contributed by atoms with van der Waals surface area (Å²) in [6.07, 6.45) is 3.12. The van der Waals surface area contributed by atoms with Crippen LogP contribution in [-0.4, -0.2) is 75.4 Å². The first-order valence-corrected chi connectivity index (χ1v) is 11.1. The molecule has 0 N–H and O–H groups in total. The maximum absolute atomic E-state index is 12.2. The van der Waals surface area contributed by atoms with E-state index in [0.29, 0.717) is 19.5 Å². The Hall–Kier alpha value is -0.670. The highest BCUT2D eigenvalue weighted by molar-refractivity contribution is 7.91. The van der Waals surface area contributed by atoms with Gasteiger partial charge in [-0.15, -0.1) is 0 Å². The molecular formula is C13H24N2O5S2. The van der Waals surface area contributed by atoms with Crippen molar-refractivity contribution in [3.8, 4) is 0 Å². The zero-order chi connectivity index (χ0) is 16.4. The molecule has 7 nitrogen and oxygen atoms in total. The van der Waals surface area contributed by atoms with Crippen molar-refractivity contribution >= 4 is 25.8 Å². The molecule has 2 aliphatic rings. The lowest BCUT2D eigenvalue weighted by atomic mass is 10.2. The lowest BCUT2D eigenvalue weighted by Gasteiger charge is -2.27. The van der Waals surface area contributed by atoms with Crippen LogP contribution in [0.25, 0.3) is 0 Å².